The van der Waals surface area contributed by atoms with Crippen LogP contribution in [0.25, 0.3) is 0 Å². The van der Waals surface area contributed by atoms with Crippen LogP contribution in [0.4, 0.5) is 0 Å². The van der Waals surface area contributed by atoms with Crippen molar-refractivity contribution >= 4 is 0 Å². The summed E-state index contributed by atoms with van der Waals surface area (Å²) in [5, 5.41) is 3.54. The largest absolute Gasteiger partial charge is 0.308 e. The minimum atomic E-state index is 0.679. The fraction of sp³-hybridized carbons (Fsp3) is 0.706. The maximum absolute atomic E-state index is 4.82. The van der Waals surface area contributed by atoms with E-state index in [0.29, 0.717) is 6.04 Å². The molecule has 2 atom stereocenters. The molecule has 0 spiro atoms. The van der Waals surface area contributed by atoms with E-state index in [0.717, 1.165) is 25.0 Å². The van der Waals surface area contributed by atoms with Gasteiger partial charge in [0.15, 0.2) is 0 Å². The van der Waals surface area contributed by atoms with Gasteiger partial charge in [-0.3, -0.25) is 9.88 Å². The van der Waals surface area contributed by atoms with Gasteiger partial charge in [-0.05, 0) is 57.2 Å². The number of hydrogen-bond donors (Lipinski definition) is 1. The molecule has 1 aromatic heterocycles. The molecule has 3 nitrogen and oxygen atoms in total. The molecule has 1 aliphatic heterocycles. The molecule has 0 amide bonds. The zero-order chi connectivity index (χ0) is 13.9. The Bertz CT molecular complexity index is 442. The van der Waals surface area contributed by atoms with Gasteiger partial charge in [0.25, 0.3) is 0 Å². The van der Waals surface area contributed by atoms with Crippen molar-refractivity contribution in [2.24, 2.45) is 5.92 Å². The molecule has 20 heavy (non-hydrogen) atoms. The van der Waals surface area contributed by atoms with E-state index >= 15 is 0 Å². The van der Waals surface area contributed by atoms with E-state index in [4.69, 9.17) is 4.98 Å². The highest BCUT2D eigenvalue weighted by Crippen LogP contribution is 2.24. The first kappa shape index (κ1) is 14.0. The minimum Gasteiger partial charge on any atom is -0.308 e. The molecular formula is C17H27N3. The normalized spacial score (nSPS) is 27.7. The molecular weight excluding hydrogens is 246 g/mol. The number of likely N-dealkylation sites (tertiary alicyclic amines) is 1. The van der Waals surface area contributed by atoms with Gasteiger partial charge in [0.1, 0.15) is 0 Å². The lowest BCUT2D eigenvalue weighted by molar-refractivity contribution is 0.105. The number of aromatic nitrogens is 1. The topological polar surface area (TPSA) is 28.2 Å². The van der Waals surface area contributed by atoms with Gasteiger partial charge < -0.3 is 5.32 Å². The van der Waals surface area contributed by atoms with Crippen molar-refractivity contribution in [2.45, 2.75) is 64.7 Å². The summed E-state index contributed by atoms with van der Waals surface area (Å²) >= 11 is 0. The smallest absolute Gasteiger partial charge is 0.0547 e. The molecule has 0 aromatic carbocycles. The quantitative estimate of drug-likeness (QED) is 0.894. The third-order valence-electron chi connectivity index (χ3n) is 4.88. The highest BCUT2D eigenvalue weighted by Gasteiger charge is 2.25. The second kappa shape index (κ2) is 6.23. The molecule has 1 saturated heterocycles. The van der Waals surface area contributed by atoms with Crippen molar-refractivity contribution in [3.05, 3.63) is 29.6 Å². The van der Waals surface area contributed by atoms with Gasteiger partial charge in [-0.15, -0.1) is 0 Å². The Labute approximate surface area is 122 Å². The highest BCUT2D eigenvalue weighted by molar-refractivity contribution is 5.12. The maximum atomic E-state index is 4.82. The number of pyridine rings is 1. The Balaban J connectivity index is 1.59. The summed E-state index contributed by atoms with van der Waals surface area (Å²) in [5.41, 5.74) is 2.41. The summed E-state index contributed by atoms with van der Waals surface area (Å²) in [6.07, 6.45) is 5.37. The van der Waals surface area contributed by atoms with Gasteiger partial charge in [-0.25, -0.2) is 0 Å². The Morgan fingerprint density at radius 2 is 2.00 bits per heavy atom. The van der Waals surface area contributed by atoms with Crippen molar-refractivity contribution in [1.29, 1.82) is 0 Å². The van der Waals surface area contributed by atoms with E-state index in [-0.39, 0.29) is 0 Å². The number of nitrogens with zero attached hydrogens (tertiary/aromatic N) is 2. The Morgan fingerprint density at radius 3 is 2.80 bits per heavy atom. The van der Waals surface area contributed by atoms with E-state index in [1.54, 1.807) is 0 Å². The van der Waals surface area contributed by atoms with Crippen LogP contribution >= 0.6 is 0 Å². The Kier molecular flexibility index (Phi) is 4.37. The molecule has 2 heterocycles. The molecule has 1 aliphatic carbocycles. The van der Waals surface area contributed by atoms with E-state index in [1.165, 1.54) is 43.6 Å². The van der Waals surface area contributed by atoms with Gasteiger partial charge in [0.05, 0.1) is 11.4 Å². The summed E-state index contributed by atoms with van der Waals surface area (Å²) in [7, 11) is 0. The maximum Gasteiger partial charge on any atom is 0.0547 e. The first-order chi connectivity index (χ1) is 9.72. The average molecular weight is 273 g/mol. The predicted octanol–water partition coefficient (Wildman–Crippen LogP) is 2.95. The van der Waals surface area contributed by atoms with Gasteiger partial charge in [0, 0.05) is 25.2 Å². The summed E-state index contributed by atoms with van der Waals surface area (Å²) in [6, 6.07) is 7.90. The molecule has 1 aromatic rings. The van der Waals surface area contributed by atoms with Crippen molar-refractivity contribution in [2.75, 3.05) is 6.54 Å². The molecule has 110 valence electrons. The lowest BCUT2D eigenvalue weighted by Crippen LogP contribution is -2.41. The van der Waals surface area contributed by atoms with Gasteiger partial charge in [0.2, 0.25) is 0 Å². The van der Waals surface area contributed by atoms with Crippen LogP contribution in [-0.4, -0.2) is 28.5 Å². The monoisotopic (exact) mass is 273 g/mol. The lowest BCUT2D eigenvalue weighted by atomic mass is 9.92. The third kappa shape index (κ3) is 3.58. The van der Waals surface area contributed by atoms with Crippen molar-refractivity contribution in [3.8, 4) is 0 Å². The fourth-order valence-corrected chi connectivity index (χ4v) is 3.10. The molecule has 1 N–H and O–H groups in total. The van der Waals surface area contributed by atoms with Crippen LogP contribution < -0.4 is 5.32 Å². The minimum absolute atomic E-state index is 0.679. The van der Waals surface area contributed by atoms with E-state index < -0.39 is 0 Å². The standard InChI is InChI=1S/C17H27N3/c1-13-5-4-10-20(14(13)2)12-17-7-3-6-16(19-17)11-18-15-8-9-15/h3,6-7,13-15,18H,4-5,8-12H2,1-2H3. The first-order valence-electron chi connectivity index (χ1n) is 8.14. The van der Waals surface area contributed by atoms with Crippen LogP contribution in [-0.2, 0) is 13.1 Å². The second-order valence-corrected chi connectivity index (χ2v) is 6.61. The van der Waals surface area contributed by atoms with Crippen LogP contribution in [0.3, 0.4) is 0 Å². The number of rotatable bonds is 5. The lowest BCUT2D eigenvalue weighted by Gasteiger charge is -2.37. The van der Waals surface area contributed by atoms with Gasteiger partial charge in [-0.2, -0.15) is 0 Å². The van der Waals surface area contributed by atoms with Crippen molar-refractivity contribution in [3.63, 3.8) is 0 Å². The van der Waals surface area contributed by atoms with E-state index in [1.807, 2.05) is 0 Å². The summed E-state index contributed by atoms with van der Waals surface area (Å²) < 4.78 is 0. The van der Waals surface area contributed by atoms with Crippen LogP contribution in [0.5, 0.6) is 0 Å². The van der Waals surface area contributed by atoms with Gasteiger partial charge >= 0.3 is 0 Å². The predicted molar refractivity (Wildman–Crippen MR) is 82.4 cm³/mol. The summed E-state index contributed by atoms with van der Waals surface area (Å²) in [6.45, 7) is 7.88. The molecule has 3 rings (SSSR count). The van der Waals surface area contributed by atoms with Crippen LogP contribution in [0.15, 0.2) is 18.2 Å². The fourth-order valence-electron chi connectivity index (χ4n) is 3.10. The molecule has 2 fully saturated rings. The number of nitrogens with one attached hydrogen (secondary N) is 1. The second-order valence-electron chi connectivity index (χ2n) is 6.61. The van der Waals surface area contributed by atoms with Gasteiger partial charge in [-0.1, -0.05) is 13.0 Å². The summed E-state index contributed by atoms with van der Waals surface area (Å²) in [5.74, 6) is 0.809. The van der Waals surface area contributed by atoms with Crippen LogP contribution in [0.1, 0.15) is 50.9 Å². The van der Waals surface area contributed by atoms with Crippen LogP contribution in [0.2, 0.25) is 0 Å². The third-order valence-corrected chi connectivity index (χ3v) is 4.88. The van der Waals surface area contributed by atoms with Crippen LogP contribution in [0, 0.1) is 5.92 Å². The molecule has 2 unspecified atom stereocenters. The first-order valence-corrected chi connectivity index (χ1v) is 8.14. The summed E-state index contributed by atoms with van der Waals surface area (Å²) in [4.78, 5) is 7.41. The molecule has 0 radical (unpaired) electrons. The van der Waals surface area contributed by atoms with E-state index in [9.17, 15) is 0 Å². The van der Waals surface area contributed by atoms with Crippen molar-refractivity contribution < 1.29 is 0 Å². The SMILES string of the molecule is CC1CCCN(Cc2cccc(CNC3CC3)n2)C1C. The van der Waals surface area contributed by atoms with Crippen molar-refractivity contribution in [1.82, 2.24) is 15.2 Å². The Morgan fingerprint density at radius 1 is 1.20 bits per heavy atom. The average Bonchev–Trinajstić information content (AvgIpc) is 3.26. The molecule has 2 aliphatic rings. The molecule has 1 saturated carbocycles. The zero-order valence-corrected chi connectivity index (χ0v) is 12.8. The highest BCUT2D eigenvalue weighted by atomic mass is 15.2. The zero-order valence-electron chi connectivity index (χ0n) is 12.8. The molecule has 3 heteroatoms. The Hall–Kier alpha value is -0.930. The number of hydrogen-bond acceptors (Lipinski definition) is 3. The number of piperidine rings is 1. The molecule has 0 bridgehead atoms. The van der Waals surface area contributed by atoms with E-state index in [2.05, 4.69) is 42.3 Å².